The van der Waals surface area contributed by atoms with E-state index in [1.807, 2.05) is 28.5 Å². The van der Waals surface area contributed by atoms with Gasteiger partial charge in [0.15, 0.2) is 5.96 Å². The molecule has 1 unspecified atom stereocenters. The molecule has 7 heteroatoms. The van der Waals surface area contributed by atoms with Crippen LogP contribution in [0, 0.1) is 5.82 Å². The van der Waals surface area contributed by atoms with E-state index in [-0.39, 0.29) is 5.82 Å². The maximum absolute atomic E-state index is 13.2. The molecule has 3 aromatic rings. The summed E-state index contributed by atoms with van der Waals surface area (Å²) in [6.45, 7) is 0.468. The van der Waals surface area contributed by atoms with Gasteiger partial charge in [-0.05, 0) is 29.8 Å². The second-order valence-corrected chi connectivity index (χ2v) is 6.60. The van der Waals surface area contributed by atoms with Crippen LogP contribution in [0.3, 0.4) is 0 Å². The summed E-state index contributed by atoms with van der Waals surface area (Å²) in [7, 11) is 0. The van der Waals surface area contributed by atoms with Gasteiger partial charge in [-0.1, -0.05) is 18.2 Å². The highest BCUT2D eigenvalue weighted by Crippen LogP contribution is 2.44. The first kappa shape index (κ1) is 15.7. The minimum atomic E-state index is -0.444. The second-order valence-electron chi connectivity index (χ2n) is 5.74. The van der Waals surface area contributed by atoms with E-state index in [1.54, 1.807) is 18.3 Å². The van der Waals surface area contributed by atoms with E-state index in [9.17, 15) is 4.39 Å². The van der Waals surface area contributed by atoms with Gasteiger partial charge in [-0.15, -0.1) is 11.3 Å². The van der Waals surface area contributed by atoms with Gasteiger partial charge in [0, 0.05) is 22.7 Å². The number of aliphatic imine (C=N–C) groups is 1. The molecule has 4 N–H and O–H groups in total. The minimum Gasteiger partial charge on any atom is -0.369 e. The Morgan fingerprint density at radius 2 is 1.96 bits per heavy atom. The van der Waals surface area contributed by atoms with Crippen LogP contribution in [0.15, 0.2) is 59.0 Å². The van der Waals surface area contributed by atoms with Gasteiger partial charge >= 0.3 is 0 Å². The summed E-state index contributed by atoms with van der Waals surface area (Å²) in [6, 6.07) is 12.1. The van der Waals surface area contributed by atoms with E-state index >= 15 is 0 Å². The van der Waals surface area contributed by atoms with E-state index in [1.165, 1.54) is 23.5 Å². The average Bonchev–Trinajstić information content (AvgIpc) is 3.04. The summed E-state index contributed by atoms with van der Waals surface area (Å²) in [5, 5.41) is 2.78. The molecule has 3 heterocycles. The van der Waals surface area contributed by atoms with Crippen LogP contribution in [0.2, 0.25) is 0 Å². The van der Waals surface area contributed by atoms with Gasteiger partial charge in [0.25, 0.3) is 0 Å². The molecule has 0 bridgehead atoms. The van der Waals surface area contributed by atoms with Crippen molar-refractivity contribution >= 4 is 22.3 Å². The van der Waals surface area contributed by atoms with Crippen LogP contribution < -0.4 is 11.5 Å². The maximum atomic E-state index is 13.2. The summed E-state index contributed by atoms with van der Waals surface area (Å²) in [4.78, 5) is 10.6. The van der Waals surface area contributed by atoms with Crippen molar-refractivity contribution in [1.82, 2.24) is 9.88 Å². The molecule has 5 nitrogen and oxygen atoms in total. The van der Waals surface area contributed by atoms with Gasteiger partial charge < -0.3 is 16.4 Å². The number of benzene rings is 1. The van der Waals surface area contributed by atoms with Crippen LogP contribution in [0.1, 0.15) is 17.4 Å². The van der Waals surface area contributed by atoms with Crippen LogP contribution in [-0.2, 0) is 6.54 Å². The molecule has 0 fully saturated rings. The zero-order valence-corrected chi connectivity index (χ0v) is 14.1. The highest BCUT2D eigenvalue weighted by molar-refractivity contribution is 7.14. The van der Waals surface area contributed by atoms with Crippen LogP contribution in [0.4, 0.5) is 9.39 Å². The van der Waals surface area contributed by atoms with Crippen LogP contribution in [0.5, 0.6) is 0 Å². The minimum absolute atomic E-state index is 0.267. The molecule has 0 aliphatic carbocycles. The monoisotopic (exact) mass is 353 g/mol. The molecular weight excluding hydrogens is 337 g/mol. The lowest BCUT2D eigenvalue weighted by Gasteiger charge is -2.33. The molecule has 0 saturated heterocycles. The number of halogens is 1. The van der Waals surface area contributed by atoms with Crippen LogP contribution in [0.25, 0.3) is 11.1 Å². The van der Waals surface area contributed by atoms with E-state index in [2.05, 4.69) is 9.98 Å². The fourth-order valence-corrected chi connectivity index (χ4v) is 3.89. The summed E-state index contributed by atoms with van der Waals surface area (Å²) < 4.78 is 13.2. The summed E-state index contributed by atoms with van der Waals surface area (Å²) >= 11 is 1.48. The van der Waals surface area contributed by atoms with E-state index < -0.39 is 6.17 Å². The maximum Gasteiger partial charge on any atom is 0.199 e. The zero-order valence-electron chi connectivity index (χ0n) is 13.3. The fourth-order valence-electron chi connectivity index (χ4n) is 2.89. The molecule has 0 amide bonds. The lowest BCUT2D eigenvalue weighted by molar-refractivity contribution is 0.305. The Hall–Kier alpha value is -2.77. The first-order chi connectivity index (χ1) is 12.1. The van der Waals surface area contributed by atoms with Crippen molar-refractivity contribution in [2.75, 3.05) is 0 Å². The number of hydrogen-bond acceptors (Lipinski definition) is 6. The Kier molecular flexibility index (Phi) is 3.95. The van der Waals surface area contributed by atoms with Gasteiger partial charge in [0.1, 0.15) is 17.0 Å². The predicted molar refractivity (Wildman–Crippen MR) is 97.7 cm³/mol. The van der Waals surface area contributed by atoms with Gasteiger partial charge in [0.2, 0.25) is 0 Å². The SMILES string of the molecule is NC1=Nc2scc(-c3ccc(F)cc3)c2C(N)N1Cc1ccccn1. The molecule has 1 aliphatic rings. The van der Waals surface area contributed by atoms with Crippen LogP contribution in [-0.4, -0.2) is 15.8 Å². The van der Waals surface area contributed by atoms with Gasteiger partial charge in [-0.3, -0.25) is 4.98 Å². The van der Waals surface area contributed by atoms with Gasteiger partial charge in [-0.2, -0.15) is 0 Å². The van der Waals surface area contributed by atoms with Gasteiger partial charge in [0.05, 0.1) is 12.2 Å². The molecular formula is C18H16FN5S. The van der Waals surface area contributed by atoms with Crippen molar-refractivity contribution < 1.29 is 4.39 Å². The lowest BCUT2D eigenvalue weighted by atomic mass is 10.0. The Labute approximate surface area is 148 Å². The molecule has 0 radical (unpaired) electrons. The quantitative estimate of drug-likeness (QED) is 0.756. The molecule has 2 aromatic heterocycles. The zero-order chi connectivity index (χ0) is 17.4. The smallest absolute Gasteiger partial charge is 0.199 e. The highest BCUT2D eigenvalue weighted by atomic mass is 32.1. The highest BCUT2D eigenvalue weighted by Gasteiger charge is 2.30. The van der Waals surface area contributed by atoms with Crippen LogP contribution >= 0.6 is 11.3 Å². The van der Waals surface area contributed by atoms with E-state index in [4.69, 9.17) is 11.5 Å². The summed E-state index contributed by atoms with van der Waals surface area (Å²) in [6.07, 6.45) is 1.29. The largest absolute Gasteiger partial charge is 0.369 e. The van der Waals surface area contributed by atoms with Crippen molar-refractivity contribution in [2.45, 2.75) is 12.7 Å². The number of guanidine groups is 1. The third kappa shape index (κ3) is 2.88. The number of aromatic nitrogens is 1. The normalized spacial score (nSPS) is 16.5. The number of pyridine rings is 1. The van der Waals surface area contributed by atoms with Crippen molar-refractivity contribution in [3.63, 3.8) is 0 Å². The standard InChI is InChI=1S/C18H16FN5S/c19-12-6-4-11(5-7-12)14-10-25-17-15(14)16(20)24(18(21)23-17)9-13-3-1-2-8-22-13/h1-8,10,16H,9,20H2,(H2,21,23). The average molecular weight is 353 g/mol. The second kappa shape index (κ2) is 6.27. The molecule has 1 aliphatic heterocycles. The predicted octanol–water partition coefficient (Wildman–Crippen LogP) is 3.37. The third-order valence-corrected chi connectivity index (χ3v) is 5.05. The third-order valence-electron chi connectivity index (χ3n) is 4.16. The summed E-state index contributed by atoms with van der Waals surface area (Å²) in [5.41, 5.74) is 16.3. The van der Waals surface area contributed by atoms with E-state index in [0.717, 1.165) is 27.4 Å². The number of nitrogens with zero attached hydrogens (tertiary/aromatic N) is 3. The number of nitrogens with two attached hydrogens (primary N) is 2. The molecule has 25 heavy (non-hydrogen) atoms. The Morgan fingerprint density at radius 3 is 2.68 bits per heavy atom. The van der Waals surface area contributed by atoms with E-state index in [0.29, 0.717) is 12.5 Å². The van der Waals surface area contributed by atoms with Crippen molar-refractivity contribution in [3.8, 4) is 11.1 Å². The molecule has 126 valence electrons. The Balaban J connectivity index is 1.72. The lowest BCUT2D eigenvalue weighted by Crippen LogP contribution is -2.45. The molecule has 0 spiro atoms. The number of thiophene rings is 1. The van der Waals surface area contributed by atoms with Crippen molar-refractivity contribution in [3.05, 3.63) is 71.1 Å². The number of rotatable bonds is 3. The molecule has 0 saturated carbocycles. The first-order valence-corrected chi connectivity index (χ1v) is 8.65. The fraction of sp³-hybridized carbons (Fsp3) is 0.111. The molecule has 1 atom stereocenters. The van der Waals surface area contributed by atoms with Crippen molar-refractivity contribution in [2.24, 2.45) is 16.5 Å². The molecule has 1 aromatic carbocycles. The Bertz CT molecular complexity index is 920. The number of fused-ring (bicyclic) bond motifs is 1. The van der Waals surface area contributed by atoms with Gasteiger partial charge in [-0.25, -0.2) is 9.38 Å². The topological polar surface area (TPSA) is 80.5 Å². The Morgan fingerprint density at radius 1 is 1.16 bits per heavy atom. The number of hydrogen-bond donors (Lipinski definition) is 2. The first-order valence-electron chi connectivity index (χ1n) is 7.77. The van der Waals surface area contributed by atoms with Crippen molar-refractivity contribution in [1.29, 1.82) is 0 Å². The summed E-state index contributed by atoms with van der Waals surface area (Å²) in [5.74, 6) is 0.106. The molecule has 4 rings (SSSR count).